The second-order valence-electron chi connectivity index (χ2n) is 2.24. The summed E-state index contributed by atoms with van der Waals surface area (Å²) in [5, 5.41) is 0. The number of hydrogen-bond acceptors (Lipinski definition) is 1. The predicted molar refractivity (Wildman–Crippen MR) is 44.8 cm³/mol. The van der Waals surface area contributed by atoms with E-state index in [1.807, 2.05) is 0 Å². The third kappa shape index (κ3) is 5.42. The molecule has 0 amide bonds. The lowest BCUT2D eigenvalue weighted by Crippen LogP contribution is -1.90. The molecule has 10 heavy (non-hydrogen) atoms. The Bertz CT molecular complexity index is 105. The molecule has 1 heteroatoms. The monoisotopic (exact) mass is 140 g/mol. The number of rotatable bonds is 6. The van der Waals surface area contributed by atoms with Crippen LogP contribution in [0.1, 0.15) is 26.2 Å². The summed E-state index contributed by atoms with van der Waals surface area (Å²) in [5.74, 6) is 0.877. The number of allylic oxidation sites excluding steroid dienone is 1. The predicted octanol–water partition coefficient (Wildman–Crippen LogP) is 2.89. The molecule has 0 saturated heterocycles. The summed E-state index contributed by atoms with van der Waals surface area (Å²) in [6.07, 6.45) is 5.06. The van der Waals surface area contributed by atoms with E-state index in [1.165, 1.54) is 6.42 Å². The largest absolute Gasteiger partial charge is 0.495 e. The SMILES string of the molecule is C=CCOC(=C)CCCC. The molecule has 1 nitrogen and oxygen atoms in total. The van der Waals surface area contributed by atoms with Crippen molar-refractivity contribution in [3.8, 4) is 0 Å². The molecule has 0 heterocycles. The van der Waals surface area contributed by atoms with Crippen molar-refractivity contribution in [1.82, 2.24) is 0 Å². The topological polar surface area (TPSA) is 9.23 Å². The third-order valence-electron chi connectivity index (χ3n) is 1.21. The van der Waals surface area contributed by atoms with Gasteiger partial charge in [-0.3, -0.25) is 0 Å². The van der Waals surface area contributed by atoms with Gasteiger partial charge in [0.2, 0.25) is 0 Å². The molecule has 0 spiro atoms. The first-order valence-corrected chi connectivity index (χ1v) is 3.72. The van der Waals surface area contributed by atoms with Crippen LogP contribution in [0.25, 0.3) is 0 Å². The highest BCUT2D eigenvalue weighted by molar-refractivity contribution is 4.83. The highest BCUT2D eigenvalue weighted by Gasteiger charge is 1.90. The van der Waals surface area contributed by atoms with Crippen molar-refractivity contribution >= 4 is 0 Å². The van der Waals surface area contributed by atoms with Gasteiger partial charge in [-0.1, -0.05) is 32.6 Å². The Hall–Kier alpha value is -0.720. The summed E-state index contributed by atoms with van der Waals surface area (Å²) in [4.78, 5) is 0. The smallest absolute Gasteiger partial charge is 0.106 e. The van der Waals surface area contributed by atoms with E-state index < -0.39 is 0 Å². The zero-order chi connectivity index (χ0) is 7.82. The molecule has 0 aromatic heterocycles. The second-order valence-corrected chi connectivity index (χ2v) is 2.24. The van der Waals surface area contributed by atoms with Gasteiger partial charge in [0.15, 0.2) is 0 Å². The minimum Gasteiger partial charge on any atom is -0.495 e. The lowest BCUT2D eigenvalue weighted by atomic mass is 10.2. The summed E-state index contributed by atoms with van der Waals surface area (Å²) in [6, 6.07) is 0. The Labute approximate surface area is 63.4 Å². The average Bonchev–Trinajstić information content (AvgIpc) is 1.97. The van der Waals surface area contributed by atoms with E-state index in [-0.39, 0.29) is 0 Å². The van der Waals surface area contributed by atoms with Crippen LogP contribution >= 0.6 is 0 Å². The number of hydrogen-bond donors (Lipinski definition) is 0. The van der Waals surface area contributed by atoms with Gasteiger partial charge in [-0.2, -0.15) is 0 Å². The molecule has 0 fully saturated rings. The number of ether oxygens (including phenoxy) is 1. The molecule has 0 N–H and O–H groups in total. The minimum atomic E-state index is 0.586. The van der Waals surface area contributed by atoms with E-state index in [1.54, 1.807) is 6.08 Å². The van der Waals surface area contributed by atoms with Gasteiger partial charge in [-0.15, -0.1) is 0 Å². The van der Waals surface area contributed by atoms with Crippen molar-refractivity contribution in [3.63, 3.8) is 0 Å². The quantitative estimate of drug-likeness (QED) is 0.407. The molecule has 0 aliphatic rings. The van der Waals surface area contributed by atoms with Gasteiger partial charge in [0, 0.05) is 6.42 Å². The van der Waals surface area contributed by atoms with E-state index in [9.17, 15) is 0 Å². The third-order valence-corrected chi connectivity index (χ3v) is 1.21. The maximum Gasteiger partial charge on any atom is 0.106 e. The molecule has 0 aliphatic heterocycles. The molecule has 0 saturated carbocycles. The maximum atomic E-state index is 5.18. The molecule has 0 aliphatic carbocycles. The van der Waals surface area contributed by atoms with Gasteiger partial charge in [0.1, 0.15) is 6.61 Å². The van der Waals surface area contributed by atoms with E-state index in [2.05, 4.69) is 20.1 Å². The summed E-state index contributed by atoms with van der Waals surface area (Å²) >= 11 is 0. The summed E-state index contributed by atoms with van der Waals surface area (Å²) in [6.45, 7) is 10.0. The maximum absolute atomic E-state index is 5.18. The first kappa shape index (κ1) is 9.28. The summed E-state index contributed by atoms with van der Waals surface area (Å²) < 4.78 is 5.18. The van der Waals surface area contributed by atoms with Crippen LogP contribution in [0.4, 0.5) is 0 Å². The average molecular weight is 140 g/mol. The van der Waals surface area contributed by atoms with Gasteiger partial charge in [0.05, 0.1) is 5.76 Å². The lowest BCUT2D eigenvalue weighted by molar-refractivity contribution is 0.236. The Balaban J connectivity index is 3.16. The second kappa shape index (κ2) is 6.40. The van der Waals surface area contributed by atoms with Crippen molar-refractivity contribution in [1.29, 1.82) is 0 Å². The van der Waals surface area contributed by atoms with Crippen LogP contribution in [0.3, 0.4) is 0 Å². The van der Waals surface area contributed by atoms with E-state index in [0.717, 1.165) is 18.6 Å². The minimum absolute atomic E-state index is 0.586. The molecule has 0 radical (unpaired) electrons. The molecule has 0 aromatic carbocycles. The molecular formula is C9H16O. The van der Waals surface area contributed by atoms with Gasteiger partial charge in [-0.25, -0.2) is 0 Å². The van der Waals surface area contributed by atoms with Crippen LogP contribution in [-0.2, 0) is 4.74 Å². The van der Waals surface area contributed by atoms with Crippen LogP contribution in [0.15, 0.2) is 25.0 Å². The Morgan fingerprint density at radius 3 is 2.80 bits per heavy atom. The van der Waals surface area contributed by atoms with Crippen LogP contribution < -0.4 is 0 Å². The van der Waals surface area contributed by atoms with Crippen LogP contribution in [0.2, 0.25) is 0 Å². The summed E-state index contributed by atoms with van der Waals surface area (Å²) in [5.41, 5.74) is 0. The fourth-order valence-corrected chi connectivity index (χ4v) is 0.623. The van der Waals surface area contributed by atoms with Crippen molar-refractivity contribution < 1.29 is 4.74 Å². The Morgan fingerprint density at radius 1 is 1.60 bits per heavy atom. The first-order valence-electron chi connectivity index (χ1n) is 3.72. The number of unbranched alkanes of at least 4 members (excludes halogenated alkanes) is 1. The molecule has 58 valence electrons. The summed E-state index contributed by atoms with van der Waals surface area (Å²) in [7, 11) is 0. The fourth-order valence-electron chi connectivity index (χ4n) is 0.623. The molecule has 0 unspecified atom stereocenters. The standard InChI is InChI=1S/C9H16O/c1-4-6-7-9(3)10-8-5-2/h5H,2-4,6-8H2,1H3. The van der Waals surface area contributed by atoms with Gasteiger partial charge in [-0.05, 0) is 6.42 Å². The highest BCUT2D eigenvalue weighted by Crippen LogP contribution is 2.05. The molecule has 0 aromatic rings. The van der Waals surface area contributed by atoms with E-state index >= 15 is 0 Å². The van der Waals surface area contributed by atoms with Crippen LogP contribution in [-0.4, -0.2) is 6.61 Å². The lowest BCUT2D eigenvalue weighted by Gasteiger charge is -2.04. The van der Waals surface area contributed by atoms with Crippen LogP contribution in [0.5, 0.6) is 0 Å². The zero-order valence-corrected chi connectivity index (χ0v) is 6.73. The van der Waals surface area contributed by atoms with Crippen LogP contribution in [0, 0.1) is 0 Å². The molecule has 0 atom stereocenters. The van der Waals surface area contributed by atoms with Crippen molar-refractivity contribution in [2.45, 2.75) is 26.2 Å². The van der Waals surface area contributed by atoms with Crippen molar-refractivity contribution in [2.24, 2.45) is 0 Å². The molecular weight excluding hydrogens is 124 g/mol. The molecule has 0 bridgehead atoms. The molecule has 0 rings (SSSR count). The Morgan fingerprint density at radius 2 is 2.30 bits per heavy atom. The van der Waals surface area contributed by atoms with Gasteiger partial charge in [0.25, 0.3) is 0 Å². The zero-order valence-electron chi connectivity index (χ0n) is 6.73. The van der Waals surface area contributed by atoms with E-state index in [4.69, 9.17) is 4.74 Å². The normalized spacial score (nSPS) is 8.90. The highest BCUT2D eigenvalue weighted by atomic mass is 16.5. The van der Waals surface area contributed by atoms with Gasteiger partial charge >= 0.3 is 0 Å². The first-order chi connectivity index (χ1) is 4.81. The van der Waals surface area contributed by atoms with Crippen molar-refractivity contribution in [2.75, 3.05) is 6.61 Å². The fraction of sp³-hybridized carbons (Fsp3) is 0.556. The van der Waals surface area contributed by atoms with Gasteiger partial charge < -0.3 is 4.74 Å². The van der Waals surface area contributed by atoms with Crippen molar-refractivity contribution in [3.05, 3.63) is 25.0 Å². The van der Waals surface area contributed by atoms with E-state index in [0.29, 0.717) is 6.61 Å². The Kier molecular flexibility index (Phi) is 5.94.